The number of fused-ring (bicyclic) bond motifs is 1. The third-order valence-corrected chi connectivity index (χ3v) is 7.50. The van der Waals surface area contributed by atoms with E-state index < -0.39 is 0 Å². The highest BCUT2D eigenvalue weighted by Gasteiger charge is 2.34. The molecule has 0 N–H and O–H groups in total. The molecule has 0 radical (unpaired) electrons. The summed E-state index contributed by atoms with van der Waals surface area (Å²) in [5.41, 5.74) is 8.10. The number of anilines is 1. The standard InChI is InChI=1S/C31H35N3O2/c1-21-11-13-26(17-23(21)3)34-20-25(19-30(34)35)31-32-28-9-5-6-10-29(28)33(31)15-7-8-16-36-27-14-12-22(2)24(4)18-27/h5-6,9-14,17-18,25H,7-8,15-16,19-20H2,1-4H3. The van der Waals surface area contributed by atoms with Gasteiger partial charge in [-0.1, -0.05) is 24.3 Å². The lowest BCUT2D eigenvalue weighted by molar-refractivity contribution is -0.117. The summed E-state index contributed by atoms with van der Waals surface area (Å²) in [6.45, 7) is 10.6. The Morgan fingerprint density at radius 1 is 0.889 bits per heavy atom. The summed E-state index contributed by atoms with van der Waals surface area (Å²) >= 11 is 0. The molecule has 5 rings (SSSR count). The predicted molar refractivity (Wildman–Crippen MR) is 146 cm³/mol. The molecule has 1 fully saturated rings. The zero-order valence-electron chi connectivity index (χ0n) is 21.8. The average Bonchev–Trinajstić information content (AvgIpc) is 3.43. The van der Waals surface area contributed by atoms with E-state index in [4.69, 9.17) is 9.72 Å². The third kappa shape index (κ3) is 4.88. The van der Waals surface area contributed by atoms with Gasteiger partial charge in [0.1, 0.15) is 11.6 Å². The fourth-order valence-corrected chi connectivity index (χ4v) is 5.03. The van der Waals surface area contributed by atoms with Crippen molar-refractivity contribution < 1.29 is 9.53 Å². The van der Waals surface area contributed by atoms with Crippen LogP contribution in [0.4, 0.5) is 5.69 Å². The quantitative estimate of drug-likeness (QED) is 0.265. The minimum absolute atomic E-state index is 0.0818. The van der Waals surface area contributed by atoms with E-state index in [1.807, 2.05) is 17.0 Å². The number of ether oxygens (including phenoxy) is 1. The predicted octanol–water partition coefficient (Wildman–Crippen LogP) is 6.65. The molecule has 1 aliphatic heterocycles. The summed E-state index contributed by atoms with van der Waals surface area (Å²) in [5.74, 6) is 2.20. The van der Waals surface area contributed by atoms with Gasteiger partial charge in [-0.15, -0.1) is 0 Å². The maximum Gasteiger partial charge on any atom is 0.227 e. The Kier molecular flexibility index (Phi) is 6.82. The number of amides is 1. The lowest BCUT2D eigenvalue weighted by atomic mass is 10.1. The number of aromatic nitrogens is 2. The molecule has 5 nitrogen and oxygen atoms in total. The van der Waals surface area contributed by atoms with Crippen LogP contribution in [0.3, 0.4) is 0 Å². The Labute approximate surface area is 213 Å². The second-order valence-electron chi connectivity index (χ2n) is 10.1. The van der Waals surface area contributed by atoms with Crippen LogP contribution >= 0.6 is 0 Å². The number of imidazole rings is 1. The number of aryl methyl sites for hydroxylation is 5. The van der Waals surface area contributed by atoms with Gasteiger partial charge in [-0.3, -0.25) is 4.79 Å². The van der Waals surface area contributed by atoms with Gasteiger partial charge in [0.15, 0.2) is 0 Å². The summed E-state index contributed by atoms with van der Waals surface area (Å²) < 4.78 is 8.32. The van der Waals surface area contributed by atoms with Gasteiger partial charge < -0.3 is 14.2 Å². The molecule has 3 aromatic carbocycles. The Morgan fingerprint density at radius 3 is 2.42 bits per heavy atom. The normalized spacial score (nSPS) is 15.7. The first-order valence-corrected chi connectivity index (χ1v) is 12.9. The van der Waals surface area contributed by atoms with Gasteiger partial charge in [0.05, 0.1) is 17.6 Å². The molecule has 1 amide bonds. The number of nitrogens with zero attached hydrogens (tertiary/aromatic N) is 3. The lowest BCUT2D eigenvalue weighted by Crippen LogP contribution is -2.24. The summed E-state index contributed by atoms with van der Waals surface area (Å²) in [6, 6.07) is 20.8. The van der Waals surface area contributed by atoms with Crippen LogP contribution in [0.2, 0.25) is 0 Å². The number of carbonyl (C=O) groups is 1. The second-order valence-corrected chi connectivity index (χ2v) is 10.1. The first kappa shape index (κ1) is 24.1. The molecule has 1 unspecified atom stereocenters. The van der Waals surface area contributed by atoms with E-state index in [1.165, 1.54) is 22.3 Å². The van der Waals surface area contributed by atoms with E-state index in [9.17, 15) is 4.79 Å². The van der Waals surface area contributed by atoms with Crippen LogP contribution in [0, 0.1) is 27.7 Å². The van der Waals surface area contributed by atoms with Gasteiger partial charge in [-0.25, -0.2) is 4.98 Å². The van der Waals surface area contributed by atoms with Gasteiger partial charge in [-0.2, -0.15) is 0 Å². The number of unbranched alkanes of at least 4 members (excludes halogenated alkanes) is 1. The van der Waals surface area contributed by atoms with Crippen LogP contribution < -0.4 is 9.64 Å². The minimum atomic E-state index is 0.0818. The van der Waals surface area contributed by atoms with Crippen molar-refractivity contribution in [1.29, 1.82) is 0 Å². The van der Waals surface area contributed by atoms with E-state index in [-0.39, 0.29) is 11.8 Å². The highest BCUT2D eigenvalue weighted by molar-refractivity contribution is 5.96. The van der Waals surface area contributed by atoms with Crippen molar-refractivity contribution in [3.05, 3.63) is 88.7 Å². The molecule has 4 aromatic rings. The first-order valence-electron chi connectivity index (χ1n) is 12.9. The Bertz CT molecular complexity index is 1400. The fraction of sp³-hybridized carbons (Fsp3) is 0.355. The molecule has 0 aliphatic carbocycles. The molecule has 1 aromatic heterocycles. The van der Waals surface area contributed by atoms with Crippen molar-refractivity contribution in [3.8, 4) is 5.75 Å². The van der Waals surface area contributed by atoms with E-state index in [1.54, 1.807) is 0 Å². The third-order valence-electron chi connectivity index (χ3n) is 7.50. The van der Waals surface area contributed by atoms with Crippen LogP contribution in [0.15, 0.2) is 60.7 Å². The Morgan fingerprint density at radius 2 is 1.64 bits per heavy atom. The van der Waals surface area contributed by atoms with Gasteiger partial charge in [0, 0.05) is 31.1 Å². The fourth-order valence-electron chi connectivity index (χ4n) is 5.03. The lowest BCUT2D eigenvalue weighted by Gasteiger charge is -2.18. The SMILES string of the molecule is Cc1ccc(OCCCCn2c(C3CC(=O)N(c4ccc(C)c(C)c4)C3)nc3ccccc32)cc1C. The Hall–Kier alpha value is -3.60. The minimum Gasteiger partial charge on any atom is -0.494 e. The molecule has 5 heteroatoms. The maximum absolute atomic E-state index is 13.0. The van der Waals surface area contributed by atoms with Crippen LogP contribution in [0.1, 0.15) is 53.3 Å². The van der Waals surface area contributed by atoms with Crippen molar-refractivity contribution in [2.45, 2.75) is 59.4 Å². The molecule has 186 valence electrons. The van der Waals surface area contributed by atoms with E-state index in [0.717, 1.165) is 47.7 Å². The molecule has 0 saturated carbocycles. The van der Waals surface area contributed by atoms with Crippen molar-refractivity contribution >= 4 is 22.6 Å². The molecular formula is C31H35N3O2. The molecule has 36 heavy (non-hydrogen) atoms. The smallest absolute Gasteiger partial charge is 0.227 e. The van der Waals surface area contributed by atoms with Crippen LogP contribution in [0.25, 0.3) is 11.0 Å². The second kappa shape index (κ2) is 10.2. The van der Waals surface area contributed by atoms with E-state index in [0.29, 0.717) is 19.6 Å². The summed E-state index contributed by atoms with van der Waals surface area (Å²) in [4.78, 5) is 20.0. The first-order chi connectivity index (χ1) is 17.4. The molecular weight excluding hydrogens is 446 g/mol. The van der Waals surface area contributed by atoms with Gasteiger partial charge >= 0.3 is 0 Å². The van der Waals surface area contributed by atoms with Crippen LogP contribution in [-0.2, 0) is 11.3 Å². The molecule has 1 saturated heterocycles. The number of benzene rings is 3. The Balaban J connectivity index is 1.29. The summed E-state index contributed by atoms with van der Waals surface area (Å²) in [5, 5.41) is 0. The average molecular weight is 482 g/mol. The van der Waals surface area contributed by atoms with Gasteiger partial charge in [0.25, 0.3) is 0 Å². The molecule has 2 heterocycles. The maximum atomic E-state index is 13.0. The molecule has 0 bridgehead atoms. The zero-order chi connectivity index (χ0) is 25.2. The highest BCUT2D eigenvalue weighted by Crippen LogP contribution is 2.34. The number of rotatable bonds is 8. The molecule has 1 atom stereocenters. The number of hydrogen-bond donors (Lipinski definition) is 0. The number of para-hydroxylation sites is 2. The van der Waals surface area contributed by atoms with Gasteiger partial charge in [0.2, 0.25) is 5.91 Å². The molecule has 1 aliphatic rings. The van der Waals surface area contributed by atoms with Crippen molar-refractivity contribution in [2.24, 2.45) is 0 Å². The summed E-state index contributed by atoms with van der Waals surface area (Å²) in [6.07, 6.45) is 2.43. The highest BCUT2D eigenvalue weighted by atomic mass is 16.5. The monoisotopic (exact) mass is 481 g/mol. The van der Waals surface area contributed by atoms with Crippen molar-refractivity contribution in [1.82, 2.24) is 9.55 Å². The van der Waals surface area contributed by atoms with Gasteiger partial charge in [-0.05, 0) is 99.2 Å². The number of hydrogen-bond acceptors (Lipinski definition) is 3. The van der Waals surface area contributed by atoms with Crippen LogP contribution in [-0.4, -0.2) is 28.6 Å². The topological polar surface area (TPSA) is 47.4 Å². The number of carbonyl (C=O) groups excluding carboxylic acids is 1. The van der Waals surface area contributed by atoms with Crippen LogP contribution in [0.5, 0.6) is 5.75 Å². The summed E-state index contributed by atoms with van der Waals surface area (Å²) in [7, 11) is 0. The van der Waals surface area contributed by atoms with Crippen molar-refractivity contribution in [3.63, 3.8) is 0 Å². The van der Waals surface area contributed by atoms with Crippen molar-refractivity contribution in [2.75, 3.05) is 18.1 Å². The largest absolute Gasteiger partial charge is 0.494 e. The van der Waals surface area contributed by atoms with E-state index >= 15 is 0 Å². The zero-order valence-corrected chi connectivity index (χ0v) is 21.8. The molecule has 0 spiro atoms. The van der Waals surface area contributed by atoms with E-state index in [2.05, 4.69) is 80.8 Å².